The van der Waals surface area contributed by atoms with Crippen molar-refractivity contribution in [2.75, 3.05) is 12.3 Å². The zero-order valence-electron chi connectivity index (χ0n) is 15.7. The maximum Gasteiger partial charge on any atom is 0.407 e. The van der Waals surface area contributed by atoms with Crippen molar-refractivity contribution < 1.29 is 32.0 Å². The van der Waals surface area contributed by atoms with E-state index in [-0.39, 0.29) is 19.4 Å². The van der Waals surface area contributed by atoms with E-state index in [1.165, 1.54) is 0 Å². The van der Waals surface area contributed by atoms with Crippen LogP contribution in [0.1, 0.15) is 54.4 Å². The summed E-state index contributed by atoms with van der Waals surface area (Å²) in [5.74, 6) is -0.514. The Morgan fingerprint density at radius 2 is 1.44 bits per heavy atom. The molecule has 9 nitrogen and oxygen atoms in total. The van der Waals surface area contributed by atoms with Gasteiger partial charge in [0, 0.05) is 12.6 Å². The smallest absolute Gasteiger partial charge is 0.407 e. The first-order valence-electron chi connectivity index (χ1n) is 7.99. The van der Waals surface area contributed by atoms with E-state index in [2.05, 4.69) is 10.6 Å². The minimum atomic E-state index is -4.16. The Balaban J connectivity index is 4.58. The first-order chi connectivity index (χ1) is 11.1. The van der Waals surface area contributed by atoms with Gasteiger partial charge in [0.05, 0.1) is 5.75 Å². The number of carbonyl (C=O) groups is 2. The molecule has 0 saturated carbocycles. The molecule has 25 heavy (non-hydrogen) atoms. The highest BCUT2D eigenvalue weighted by atomic mass is 32.2. The van der Waals surface area contributed by atoms with E-state index >= 15 is 0 Å². The summed E-state index contributed by atoms with van der Waals surface area (Å²) in [6.45, 7) is 10.4. The van der Waals surface area contributed by atoms with Crippen LogP contribution in [0.4, 0.5) is 9.59 Å². The number of rotatable bonds is 7. The summed E-state index contributed by atoms with van der Waals surface area (Å²) in [4.78, 5) is 23.4. The van der Waals surface area contributed by atoms with E-state index in [4.69, 9.17) is 14.0 Å². The number of carbonyl (C=O) groups excluding carboxylic acids is 2. The molecule has 0 aliphatic heterocycles. The predicted molar refractivity (Wildman–Crippen MR) is 93.0 cm³/mol. The second-order valence-corrected chi connectivity index (χ2v) is 9.21. The SMILES string of the molecule is CC(C)(C)OC(=O)NCC[C@H](CCS(=O)(=O)O)NC(=O)OC(C)(C)C. The van der Waals surface area contributed by atoms with Crippen LogP contribution in [0.15, 0.2) is 0 Å². The molecule has 0 heterocycles. The lowest BCUT2D eigenvalue weighted by atomic mass is 10.1. The highest BCUT2D eigenvalue weighted by molar-refractivity contribution is 7.85. The molecule has 3 N–H and O–H groups in total. The third-order valence-corrected chi connectivity index (χ3v) is 3.36. The monoisotopic (exact) mass is 382 g/mol. The van der Waals surface area contributed by atoms with Crippen molar-refractivity contribution >= 4 is 22.3 Å². The van der Waals surface area contributed by atoms with E-state index < -0.39 is 45.3 Å². The second-order valence-electron chi connectivity index (χ2n) is 7.64. The zero-order valence-corrected chi connectivity index (χ0v) is 16.5. The molecular formula is C15H30N2O7S. The van der Waals surface area contributed by atoms with Gasteiger partial charge in [-0.15, -0.1) is 0 Å². The molecule has 0 unspecified atom stereocenters. The van der Waals surface area contributed by atoms with Crippen molar-refractivity contribution in [3.8, 4) is 0 Å². The van der Waals surface area contributed by atoms with Gasteiger partial charge in [-0.1, -0.05) is 0 Å². The topological polar surface area (TPSA) is 131 Å². The van der Waals surface area contributed by atoms with Crippen LogP contribution in [0.25, 0.3) is 0 Å². The van der Waals surface area contributed by atoms with Gasteiger partial charge in [0.15, 0.2) is 0 Å². The fourth-order valence-electron chi connectivity index (χ4n) is 1.72. The largest absolute Gasteiger partial charge is 0.444 e. The van der Waals surface area contributed by atoms with Crippen LogP contribution in [0.3, 0.4) is 0 Å². The first kappa shape index (κ1) is 23.4. The Morgan fingerprint density at radius 3 is 1.88 bits per heavy atom. The van der Waals surface area contributed by atoms with Crippen LogP contribution in [-0.4, -0.2) is 54.7 Å². The number of hydrogen-bond acceptors (Lipinski definition) is 6. The van der Waals surface area contributed by atoms with Gasteiger partial charge < -0.3 is 20.1 Å². The van der Waals surface area contributed by atoms with Gasteiger partial charge in [0.25, 0.3) is 10.1 Å². The van der Waals surface area contributed by atoms with E-state index in [1.807, 2.05) is 0 Å². The van der Waals surface area contributed by atoms with Crippen molar-refractivity contribution in [3.63, 3.8) is 0 Å². The molecule has 0 fully saturated rings. The Labute approximate surface area is 149 Å². The van der Waals surface area contributed by atoms with Gasteiger partial charge in [-0.25, -0.2) is 9.59 Å². The fourth-order valence-corrected chi connectivity index (χ4v) is 2.30. The number of hydrogen-bond donors (Lipinski definition) is 3. The highest BCUT2D eigenvalue weighted by Gasteiger charge is 2.21. The molecule has 0 radical (unpaired) electrons. The van der Waals surface area contributed by atoms with Crippen LogP contribution in [0, 0.1) is 0 Å². The van der Waals surface area contributed by atoms with Crippen molar-refractivity contribution in [1.82, 2.24) is 10.6 Å². The van der Waals surface area contributed by atoms with Crippen LogP contribution in [0.5, 0.6) is 0 Å². The molecule has 0 aromatic heterocycles. The third kappa shape index (κ3) is 15.7. The highest BCUT2D eigenvalue weighted by Crippen LogP contribution is 2.09. The Bertz CT molecular complexity index is 547. The second kappa shape index (κ2) is 9.23. The lowest BCUT2D eigenvalue weighted by Gasteiger charge is -2.24. The van der Waals surface area contributed by atoms with Crippen molar-refractivity contribution in [3.05, 3.63) is 0 Å². The molecule has 148 valence electrons. The van der Waals surface area contributed by atoms with Gasteiger partial charge in [-0.05, 0) is 54.4 Å². The predicted octanol–water partition coefficient (Wildman–Crippen LogP) is 2.07. The van der Waals surface area contributed by atoms with Gasteiger partial charge in [0.1, 0.15) is 11.2 Å². The summed E-state index contributed by atoms with van der Waals surface area (Å²) >= 11 is 0. The minimum absolute atomic E-state index is 0.0198. The molecule has 0 saturated heterocycles. The van der Waals surface area contributed by atoms with Crippen molar-refractivity contribution in [1.29, 1.82) is 0 Å². The third-order valence-electron chi connectivity index (χ3n) is 2.61. The van der Waals surface area contributed by atoms with E-state index in [9.17, 15) is 18.0 Å². The molecular weight excluding hydrogens is 352 g/mol. The van der Waals surface area contributed by atoms with Gasteiger partial charge in [-0.2, -0.15) is 8.42 Å². The molecule has 10 heteroatoms. The number of amides is 2. The minimum Gasteiger partial charge on any atom is -0.444 e. The molecule has 0 rings (SSSR count). The average molecular weight is 382 g/mol. The molecule has 0 aromatic rings. The maximum atomic E-state index is 11.8. The number of ether oxygens (including phenoxy) is 2. The normalized spacial score (nSPS) is 13.7. The van der Waals surface area contributed by atoms with Crippen LogP contribution in [-0.2, 0) is 19.6 Å². The molecule has 1 atom stereocenters. The van der Waals surface area contributed by atoms with E-state index in [1.54, 1.807) is 41.5 Å². The standard InChI is InChI=1S/C15H30N2O7S/c1-14(2,3)23-12(18)16-9-7-11(8-10-25(20,21)22)17-13(19)24-15(4,5)6/h11H,7-10H2,1-6H3,(H,16,18)(H,17,19)(H,20,21,22)/t11-/m1/s1. The summed E-state index contributed by atoms with van der Waals surface area (Å²) in [6.07, 6.45) is -1.09. The summed E-state index contributed by atoms with van der Waals surface area (Å²) in [5.41, 5.74) is -1.34. The van der Waals surface area contributed by atoms with Crippen LogP contribution >= 0.6 is 0 Å². The fraction of sp³-hybridized carbons (Fsp3) is 0.867. The van der Waals surface area contributed by atoms with E-state index in [0.29, 0.717) is 0 Å². The van der Waals surface area contributed by atoms with Crippen LogP contribution in [0.2, 0.25) is 0 Å². The van der Waals surface area contributed by atoms with Crippen molar-refractivity contribution in [2.24, 2.45) is 0 Å². The Morgan fingerprint density at radius 1 is 0.960 bits per heavy atom. The van der Waals surface area contributed by atoms with Crippen LogP contribution < -0.4 is 10.6 Å². The maximum absolute atomic E-state index is 11.8. The van der Waals surface area contributed by atoms with Gasteiger partial charge >= 0.3 is 12.2 Å². The molecule has 0 aromatic carbocycles. The quantitative estimate of drug-likeness (QED) is 0.574. The number of alkyl carbamates (subject to hydrolysis) is 2. The molecule has 0 bridgehead atoms. The summed E-state index contributed by atoms with van der Waals surface area (Å²) < 4.78 is 40.9. The summed E-state index contributed by atoms with van der Waals surface area (Å²) in [7, 11) is -4.16. The van der Waals surface area contributed by atoms with Crippen molar-refractivity contribution in [2.45, 2.75) is 71.6 Å². The number of nitrogens with one attached hydrogen (secondary N) is 2. The molecule has 0 aliphatic rings. The summed E-state index contributed by atoms with van der Waals surface area (Å²) in [6, 6.07) is -0.605. The first-order valence-corrected chi connectivity index (χ1v) is 9.60. The molecule has 0 aliphatic carbocycles. The summed E-state index contributed by atoms with van der Waals surface area (Å²) in [5, 5.41) is 5.06. The van der Waals surface area contributed by atoms with Gasteiger partial charge in [-0.3, -0.25) is 4.55 Å². The Hall–Kier alpha value is -1.55. The van der Waals surface area contributed by atoms with Gasteiger partial charge in [0.2, 0.25) is 0 Å². The zero-order chi connectivity index (χ0) is 19.9. The molecule has 2 amide bonds. The van der Waals surface area contributed by atoms with E-state index in [0.717, 1.165) is 0 Å². The lowest BCUT2D eigenvalue weighted by Crippen LogP contribution is -2.42. The molecule has 0 spiro atoms. The lowest BCUT2D eigenvalue weighted by molar-refractivity contribution is 0.0498. The average Bonchev–Trinajstić information content (AvgIpc) is 2.29. The Kier molecular flexibility index (Phi) is 8.66.